The molecule has 1 amide bonds. The first-order chi connectivity index (χ1) is 14.4. The fourth-order valence-corrected chi connectivity index (χ4v) is 4.37. The van der Waals surface area contributed by atoms with E-state index in [2.05, 4.69) is 24.5 Å². The molecule has 2 fully saturated rings. The second-order valence-electron chi connectivity index (χ2n) is 8.96. The molecule has 2 unspecified atom stereocenters. The predicted molar refractivity (Wildman–Crippen MR) is 122 cm³/mol. The number of nitrogens with one attached hydrogen (secondary N) is 2. The number of rotatable bonds is 5. The van der Waals surface area contributed by atoms with Crippen LogP contribution in [0.1, 0.15) is 69.3 Å². The molecule has 6 heteroatoms. The summed E-state index contributed by atoms with van der Waals surface area (Å²) in [5.41, 5.74) is 1.83. The summed E-state index contributed by atoms with van der Waals surface area (Å²) >= 11 is 0. The second-order valence-corrected chi connectivity index (χ2v) is 8.96. The van der Waals surface area contributed by atoms with Gasteiger partial charge in [-0.2, -0.15) is 0 Å². The summed E-state index contributed by atoms with van der Waals surface area (Å²) in [5, 5.41) is 6.95. The van der Waals surface area contributed by atoms with Crippen molar-refractivity contribution in [2.24, 2.45) is 10.9 Å². The molecule has 1 saturated carbocycles. The lowest BCUT2D eigenvalue weighted by molar-refractivity contribution is -0.0586. The number of aliphatic imine (C=N–C) groups is 1. The Kier molecular flexibility index (Phi) is 8.14. The van der Waals surface area contributed by atoms with Gasteiger partial charge >= 0.3 is 0 Å². The Morgan fingerprint density at radius 1 is 1.07 bits per heavy atom. The summed E-state index contributed by atoms with van der Waals surface area (Å²) in [6.07, 6.45) is 5.15. The minimum absolute atomic E-state index is 0.0774. The van der Waals surface area contributed by atoms with Gasteiger partial charge in [0.1, 0.15) is 0 Å². The first-order valence-corrected chi connectivity index (χ1v) is 11.5. The highest BCUT2D eigenvalue weighted by atomic mass is 16.5. The van der Waals surface area contributed by atoms with E-state index in [1.165, 1.54) is 25.7 Å². The van der Waals surface area contributed by atoms with Gasteiger partial charge in [-0.15, -0.1) is 0 Å². The van der Waals surface area contributed by atoms with Gasteiger partial charge in [0.2, 0.25) is 0 Å². The van der Waals surface area contributed by atoms with Crippen LogP contribution >= 0.6 is 0 Å². The van der Waals surface area contributed by atoms with Crippen molar-refractivity contribution in [1.82, 2.24) is 15.5 Å². The van der Waals surface area contributed by atoms with E-state index >= 15 is 0 Å². The first-order valence-electron chi connectivity index (χ1n) is 11.5. The summed E-state index contributed by atoms with van der Waals surface area (Å²) in [7, 11) is 0. The zero-order valence-corrected chi connectivity index (χ0v) is 19.0. The van der Waals surface area contributed by atoms with Crippen LogP contribution < -0.4 is 10.6 Å². The Balaban J connectivity index is 1.57. The number of guanidine groups is 1. The van der Waals surface area contributed by atoms with Crippen molar-refractivity contribution in [2.75, 3.05) is 19.6 Å². The van der Waals surface area contributed by atoms with Crippen LogP contribution in [0.25, 0.3) is 0 Å². The van der Waals surface area contributed by atoms with E-state index < -0.39 is 0 Å². The minimum atomic E-state index is 0.0774. The second kappa shape index (κ2) is 10.8. The highest BCUT2D eigenvalue weighted by Crippen LogP contribution is 2.23. The number of morpholine rings is 1. The Morgan fingerprint density at radius 3 is 2.30 bits per heavy atom. The quantitative estimate of drug-likeness (QED) is 0.571. The van der Waals surface area contributed by atoms with Gasteiger partial charge in [0, 0.05) is 31.2 Å². The number of amides is 1. The molecule has 1 aliphatic heterocycles. The molecule has 2 atom stereocenters. The van der Waals surface area contributed by atoms with Gasteiger partial charge in [-0.25, -0.2) is 4.99 Å². The Hall–Kier alpha value is -2.08. The highest BCUT2D eigenvalue weighted by molar-refractivity contribution is 5.94. The molecule has 1 saturated heterocycles. The van der Waals surface area contributed by atoms with E-state index in [0.717, 1.165) is 29.5 Å². The molecule has 6 nitrogen and oxygen atoms in total. The van der Waals surface area contributed by atoms with Crippen molar-refractivity contribution in [3.63, 3.8) is 0 Å². The molecule has 0 radical (unpaired) electrons. The van der Waals surface area contributed by atoms with Crippen molar-refractivity contribution >= 4 is 11.9 Å². The zero-order chi connectivity index (χ0) is 21.5. The van der Waals surface area contributed by atoms with Crippen LogP contribution in [0.5, 0.6) is 0 Å². The van der Waals surface area contributed by atoms with Crippen molar-refractivity contribution in [3.05, 3.63) is 35.4 Å². The number of nitrogens with zero attached hydrogens (tertiary/aromatic N) is 2. The van der Waals surface area contributed by atoms with Crippen LogP contribution in [-0.4, -0.2) is 54.7 Å². The average molecular weight is 415 g/mol. The zero-order valence-electron chi connectivity index (χ0n) is 19.0. The highest BCUT2D eigenvalue weighted by Gasteiger charge is 2.26. The minimum Gasteiger partial charge on any atom is -0.372 e. The SMILES string of the molecule is CCNC(=NCc1ccc(C(=O)N2CC(C)OC(C)C2)cc1)NC1CCC(C)CC1. The summed E-state index contributed by atoms with van der Waals surface area (Å²) in [6.45, 7) is 11.2. The van der Waals surface area contributed by atoms with Gasteiger partial charge in [-0.05, 0) is 70.1 Å². The maximum Gasteiger partial charge on any atom is 0.254 e. The van der Waals surface area contributed by atoms with Crippen LogP contribution in [0.2, 0.25) is 0 Å². The molecule has 1 heterocycles. The fraction of sp³-hybridized carbons (Fsp3) is 0.667. The van der Waals surface area contributed by atoms with E-state index in [0.29, 0.717) is 25.7 Å². The van der Waals surface area contributed by atoms with Gasteiger partial charge in [0.25, 0.3) is 5.91 Å². The molecular weight excluding hydrogens is 376 g/mol. The van der Waals surface area contributed by atoms with Crippen LogP contribution in [0.15, 0.2) is 29.3 Å². The molecule has 0 bridgehead atoms. The molecular formula is C24H38N4O2. The van der Waals surface area contributed by atoms with Crippen LogP contribution in [0.4, 0.5) is 0 Å². The molecule has 3 rings (SSSR count). The summed E-state index contributed by atoms with van der Waals surface area (Å²) < 4.78 is 5.73. The van der Waals surface area contributed by atoms with Gasteiger partial charge < -0.3 is 20.3 Å². The van der Waals surface area contributed by atoms with E-state index in [4.69, 9.17) is 9.73 Å². The largest absolute Gasteiger partial charge is 0.372 e. The van der Waals surface area contributed by atoms with Crippen molar-refractivity contribution in [1.29, 1.82) is 0 Å². The lowest BCUT2D eigenvalue weighted by atomic mass is 9.87. The molecule has 1 aliphatic carbocycles. The maximum absolute atomic E-state index is 12.8. The Morgan fingerprint density at radius 2 is 1.70 bits per heavy atom. The van der Waals surface area contributed by atoms with E-state index in [-0.39, 0.29) is 18.1 Å². The van der Waals surface area contributed by atoms with Gasteiger partial charge in [-0.3, -0.25) is 4.79 Å². The molecule has 166 valence electrons. The topological polar surface area (TPSA) is 66.0 Å². The molecule has 0 spiro atoms. The normalized spacial score (nSPS) is 27.6. The Bertz CT molecular complexity index is 700. The van der Waals surface area contributed by atoms with E-state index in [1.54, 1.807) is 0 Å². The average Bonchev–Trinajstić information content (AvgIpc) is 2.73. The van der Waals surface area contributed by atoms with Crippen LogP contribution in [-0.2, 0) is 11.3 Å². The first kappa shape index (κ1) is 22.6. The molecule has 2 N–H and O–H groups in total. The van der Waals surface area contributed by atoms with Crippen LogP contribution in [0, 0.1) is 5.92 Å². The number of hydrogen-bond donors (Lipinski definition) is 2. The van der Waals surface area contributed by atoms with Crippen molar-refractivity contribution in [3.8, 4) is 0 Å². The molecule has 1 aromatic rings. The predicted octanol–water partition coefficient (Wildman–Crippen LogP) is 3.57. The molecule has 2 aliphatic rings. The van der Waals surface area contributed by atoms with Gasteiger partial charge in [0.15, 0.2) is 5.96 Å². The van der Waals surface area contributed by atoms with E-state index in [1.807, 2.05) is 43.0 Å². The lowest BCUT2D eigenvalue weighted by Crippen LogP contribution is -2.48. The molecule has 1 aromatic carbocycles. The van der Waals surface area contributed by atoms with Crippen molar-refractivity contribution in [2.45, 2.75) is 78.2 Å². The number of benzene rings is 1. The number of hydrogen-bond acceptors (Lipinski definition) is 3. The monoisotopic (exact) mass is 414 g/mol. The lowest BCUT2D eigenvalue weighted by Gasteiger charge is -2.35. The number of carbonyl (C=O) groups excluding carboxylic acids is 1. The third kappa shape index (κ3) is 6.46. The van der Waals surface area contributed by atoms with Gasteiger partial charge in [0.05, 0.1) is 18.8 Å². The molecule has 30 heavy (non-hydrogen) atoms. The Labute approximate surface area is 181 Å². The summed E-state index contributed by atoms with van der Waals surface area (Å²) in [5.74, 6) is 1.80. The maximum atomic E-state index is 12.8. The third-order valence-electron chi connectivity index (χ3n) is 6.03. The summed E-state index contributed by atoms with van der Waals surface area (Å²) in [4.78, 5) is 19.5. The smallest absolute Gasteiger partial charge is 0.254 e. The van der Waals surface area contributed by atoms with Crippen LogP contribution in [0.3, 0.4) is 0 Å². The summed E-state index contributed by atoms with van der Waals surface area (Å²) in [6, 6.07) is 8.37. The van der Waals surface area contributed by atoms with E-state index in [9.17, 15) is 4.79 Å². The molecule has 0 aromatic heterocycles. The fourth-order valence-electron chi connectivity index (χ4n) is 4.37. The van der Waals surface area contributed by atoms with Gasteiger partial charge in [-0.1, -0.05) is 19.1 Å². The number of carbonyl (C=O) groups is 1. The number of ether oxygens (including phenoxy) is 1. The third-order valence-corrected chi connectivity index (χ3v) is 6.03. The standard InChI is InChI=1S/C24H38N4O2/c1-5-25-24(27-22-12-6-17(2)7-13-22)26-14-20-8-10-21(11-9-20)23(29)28-15-18(3)30-19(4)16-28/h8-11,17-19,22H,5-7,12-16H2,1-4H3,(H2,25,26,27). The van der Waals surface area contributed by atoms with Crippen molar-refractivity contribution < 1.29 is 9.53 Å².